The van der Waals surface area contributed by atoms with E-state index in [9.17, 15) is 4.79 Å². The summed E-state index contributed by atoms with van der Waals surface area (Å²) in [5.74, 6) is -0.310. The lowest BCUT2D eigenvalue weighted by molar-refractivity contribution is 0.526. The summed E-state index contributed by atoms with van der Waals surface area (Å²) >= 11 is 0. The minimum absolute atomic E-state index is 0.310. The maximum absolute atomic E-state index is 11.4. The summed E-state index contributed by atoms with van der Waals surface area (Å²) < 4.78 is 6.70. The molecule has 1 aliphatic heterocycles. The maximum Gasteiger partial charge on any atom is 0.419 e. The molecule has 1 unspecified atom stereocenters. The van der Waals surface area contributed by atoms with Gasteiger partial charge >= 0.3 is 5.76 Å². The normalized spacial score (nSPS) is 19.7. The molecule has 1 aromatic heterocycles. The minimum atomic E-state index is -0.310. The van der Waals surface area contributed by atoms with Crippen molar-refractivity contribution in [3.05, 3.63) is 34.3 Å². The molecule has 0 radical (unpaired) electrons. The number of hydrogen-bond acceptors (Lipinski definition) is 4. The standard InChI is InChI=1S/C13H17N3O2/c1-16-11-3-2-9(6-12(11)18-13(16)17)7-15-10-4-5-14-8-10/h2-3,6,10,14-15H,4-5,7-8H2,1H3. The summed E-state index contributed by atoms with van der Waals surface area (Å²) in [5.41, 5.74) is 2.64. The zero-order chi connectivity index (χ0) is 12.5. The molecule has 1 aromatic carbocycles. The van der Waals surface area contributed by atoms with Gasteiger partial charge in [-0.1, -0.05) is 6.07 Å². The van der Waals surface area contributed by atoms with Crippen LogP contribution in [0.4, 0.5) is 0 Å². The summed E-state index contributed by atoms with van der Waals surface area (Å²) in [4.78, 5) is 11.4. The average Bonchev–Trinajstić information content (AvgIpc) is 2.97. The SMILES string of the molecule is Cn1c(=O)oc2cc(CNC3CCNC3)ccc21. The molecule has 0 spiro atoms. The highest BCUT2D eigenvalue weighted by Crippen LogP contribution is 2.14. The van der Waals surface area contributed by atoms with Crippen molar-refractivity contribution in [2.75, 3.05) is 13.1 Å². The lowest BCUT2D eigenvalue weighted by Crippen LogP contribution is -2.30. The van der Waals surface area contributed by atoms with Crippen LogP contribution in [0.3, 0.4) is 0 Å². The van der Waals surface area contributed by atoms with E-state index < -0.39 is 0 Å². The van der Waals surface area contributed by atoms with E-state index in [-0.39, 0.29) is 5.76 Å². The van der Waals surface area contributed by atoms with E-state index in [2.05, 4.69) is 10.6 Å². The molecule has 0 saturated carbocycles. The van der Waals surface area contributed by atoms with E-state index in [0.717, 1.165) is 30.7 Å². The molecule has 0 aliphatic carbocycles. The van der Waals surface area contributed by atoms with Gasteiger partial charge in [0.25, 0.3) is 0 Å². The minimum Gasteiger partial charge on any atom is -0.408 e. The lowest BCUT2D eigenvalue weighted by Gasteiger charge is -2.10. The fraction of sp³-hybridized carbons (Fsp3) is 0.462. The zero-order valence-corrected chi connectivity index (χ0v) is 10.4. The average molecular weight is 247 g/mol. The third-order valence-corrected chi connectivity index (χ3v) is 3.51. The van der Waals surface area contributed by atoms with Gasteiger partial charge in [-0.15, -0.1) is 0 Å². The fourth-order valence-corrected chi connectivity index (χ4v) is 2.38. The number of rotatable bonds is 3. The first-order valence-electron chi connectivity index (χ1n) is 6.26. The molecule has 5 heteroatoms. The Hall–Kier alpha value is -1.59. The highest BCUT2D eigenvalue weighted by molar-refractivity contribution is 5.73. The molecule has 1 saturated heterocycles. The van der Waals surface area contributed by atoms with Crippen LogP contribution in [-0.2, 0) is 13.6 Å². The van der Waals surface area contributed by atoms with Gasteiger partial charge in [0.1, 0.15) is 0 Å². The monoisotopic (exact) mass is 247 g/mol. The van der Waals surface area contributed by atoms with Gasteiger partial charge in [0.15, 0.2) is 5.58 Å². The molecule has 0 amide bonds. The Balaban J connectivity index is 1.78. The molecule has 2 heterocycles. The number of nitrogens with zero attached hydrogens (tertiary/aromatic N) is 1. The molecule has 1 atom stereocenters. The molecule has 5 nitrogen and oxygen atoms in total. The van der Waals surface area contributed by atoms with E-state index in [0.29, 0.717) is 11.6 Å². The van der Waals surface area contributed by atoms with Gasteiger partial charge in [-0.3, -0.25) is 4.57 Å². The lowest BCUT2D eigenvalue weighted by atomic mass is 10.2. The van der Waals surface area contributed by atoms with Crippen molar-refractivity contribution in [3.63, 3.8) is 0 Å². The van der Waals surface area contributed by atoms with Gasteiger partial charge < -0.3 is 15.1 Å². The van der Waals surface area contributed by atoms with Crippen molar-refractivity contribution in [1.29, 1.82) is 0 Å². The van der Waals surface area contributed by atoms with Crippen molar-refractivity contribution < 1.29 is 4.42 Å². The van der Waals surface area contributed by atoms with Crippen molar-refractivity contribution in [2.45, 2.75) is 19.0 Å². The first kappa shape index (κ1) is 11.5. The van der Waals surface area contributed by atoms with Crippen LogP contribution in [-0.4, -0.2) is 23.7 Å². The molecule has 2 N–H and O–H groups in total. The first-order valence-corrected chi connectivity index (χ1v) is 6.26. The van der Waals surface area contributed by atoms with E-state index in [1.807, 2.05) is 18.2 Å². The van der Waals surface area contributed by atoms with E-state index in [4.69, 9.17) is 4.42 Å². The summed E-state index contributed by atoms with van der Waals surface area (Å²) in [6.45, 7) is 2.92. The largest absolute Gasteiger partial charge is 0.419 e. The maximum atomic E-state index is 11.4. The van der Waals surface area contributed by atoms with Crippen LogP contribution in [0.2, 0.25) is 0 Å². The Bertz CT molecular complexity index is 608. The number of aryl methyl sites for hydroxylation is 1. The number of fused-ring (bicyclic) bond motifs is 1. The van der Waals surface area contributed by atoms with E-state index in [1.165, 1.54) is 11.0 Å². The Morgan fingerprint density at radius 2 is 2.44 bits per heavy atom. The second kappa shape index (κ2) is 4.59. The molecule has 2 aromatic rings. The summed E-state index contributed by atoms with van der Waals surface area (Å²) in [5, 5.41) is 6.82. The Morgan fingerprint density at radius 3 is 3.22 bits per heavy atom. The second-order valence-corrected chi connectivity index (χ2v) is 4.80. The third-order valence-electron chi connectivity index (χ3n) is 3.51. The molecule has 18 heavy (non-hydrogen) atoms. The third kappa shape index (κ3) is 2.07. The Morgan fingerprint density at radius 1 is 1.56 bits per heavy atom. The fourth-order valence-electron chi connectivity index (χ4n) is 2.38. The van der Waals surface area contributed by atoms with Crippen LogP contribution in [0.25, 0.3) is 11.1 Å². The molecule has 1 aliphatic rings. The summed E-state index contributed by atoms with van der Waals surface area (Å²) in [7, 11) is 1.72. The van der Waals surface area contributed by atoms with Gasteiger partial charge in [0.2, 0.25) is 0 Å². The van der Waals surface area contributed by atoms with Gasteiger partial charge in [0, 0.05) is 26.2 Å². The van der Waals surface area contributed by atoms with Crippen molar-refractivity contribution in [1.82, 2.24) is 15.2 Å². The summed E-state index contributed by atoms with van der Waals surface area (Å²) in [6, 6.07) is 6.45. The van der Waals surface area contributed by atoms with Gasteiger partial charge in [-0.05, 0) is 30.7 Å². The predicted molar refractivity (Wildman–Crippen MR) is 69.6 cm³/mol. The van der Waals surface area contributed by atoms with Crippen LogP contribution in [0.15, 0.2) is 27.4 Å². The van der Waals surface area contributed by atoms with Crippen LogP contribution in [0.1, 0.15) is 12.0 Å². The van der Waals surface area contributed by atoms with E-state index >= 15 is 0 Å². The van der Waals surface area contributed by atoms with Crippen LogP contribution in [0, 0.1) is 0 Å². The highest BCUT2D eigenvalue weighted by Gasteiger charge is 2.13. The topological polar surface area (TPSA) is 59.2 Å². The smallest absolute Gasteiger partial charge is 0.408 e. The van der Waals surface area contributed by atoms with E-state index in [1.54, 1.807) is 7.05 Å². The molecule has 0 bridgehead atoms. The number of hydrogen-bond donors (Lipinski definition) is 2. The number of benzene rings is 1. The Labute approximate surface area is 105 Å². The quantitative estimate of drug-likeness (QED) is 0.833. The zero-order valence-electron chi connectivity index (χ0n) is 10.4. The van der Waals surface area contributed by atoms with Crippen molar-refractivity contribution in [2.24, 2.45) is 7.05 Å². The van der Waals surface area contributed by atoms with Crippen LogP contribution < -0.4 is 16.4 Å². The van der Waals surface area contributed by atoms with Gasteiger partial charge in [-0.25, -0.2) is 4.79 Å². The number of aromatic nitrogens is 1. The molecule has 96 valence electrons. The van der Waals surface area contributed by atoms with Crippen molar-refractivity contribution in [3.8, 4) is 0 Å². The first-order chi connectivity index (χ1) is 8.74. The van der Waals surface area contributed by atoms with Gasteiger partial charge in [-0.2, -0.15) is 0 Å². The molecule has 1 fully saturated rings. The molecular formula is C13H17N3O2. The second-order valence-electron chi connectivity index (χ2n) is 4.80. The van der Waals surface area contributed by atoms with Gasteiger partial charge in [0.05, 0.1) is 5.52 Å². The van der Waals surface area contributed by atoms with Crippen LogP contribution >= 0.6 is 0 Å². The van der Waals surface area contributed by atoms with Crippen LogP contribution in [0.5, 0.6) is 0 Å². The van der Waals surface area contributed by atoms with Crippen molar-refractivity contribution >= 4 is 11.1 Å². The predicted octanol–water partition coefficient (Wildman–Crippen LogP) is 0.583. The summed E-state index contributed by atoms with van der Waals surface area (Å²) in [6.07, 6.45) is 1.17. The highest BCUT2D eigenvalue weighted by atomic mass is 16.4. The Kier molecular flexibility index (Phi) is 2.93. The molecular weight excluding hydrogens is 230 g/mol. The number of nitrogens with one attached hydrogen (secondary N) is 2. The molecule has 3 rings (SSSR count). The number of oxazole rings is 1.